The minimum atomic E-state index is 0.279. The largest absolute Gasteiger partial charge is 0.508 e. The van der Waals surface area contributed by atoms with E-state index in [4.69, 9.17) is 10.7 Å². The number of nitrogen functional groups attached to an aromatic ring is 1. The van der Waals surface area contributed by atoms with E-state index in [2.05, 4.69) is 19.8 Å². The van der Waals surface area contributed by atoms with Crippen LogP contribution in [-0.4, -0.2) is 50.8 Å². The average Bonchev–Trinajstić information content (AvgIpc) is 3.20. The SMILES string of the molecule is Nc1nc(N2CCN(c3ccc(O)cc3)CC2)nc2c1ccn2-c1ccncc1. The van der Waals surface area contributed by atoms with E-state index >= 15 is 0 Å². The quantitative estimate of drug-likeness (QED) is 0.557. The number of piperazine rings is 1. The minimum absolute atomic E-state index is 0.279. The van der Waals surface area contributed by atoms with E-state index in [1.807, 2.05) is 41.1 Å². The van der Waals surface area contributed by atoms with Crippen molar-refractivity contribution in [1.29, 1.82) is 0 Å². The van der Waals surface area contributed by atoms with Crippen molar-refractivity contribution in [3.05, 3.63) is 61.1 Å². The van der Waals surface area contributed by atoms with Gasteiger partial charge in [-0.15, -0.1) is 0 Å². The van der Waals surface area contributed by atoms with Gasteiger partial charge in [0.05, 0.1) is 11.1 Å². The van der Waals surface area contributed by atoms with E-state index in [0.29, 0.717) is 11.8 Å². The molecule has 1 aliphatic heterocycles. The lowest BCUT2D eigenvalue weighted by Gasteiger charge is -2.36. The van der Waals surface area contributed by atoms with Crippen LogP contribution in [0, 0.1) is 0 Å². The molecule has 1 aromatic carbocycles. The number of hydrogen-bond acceptors (Lipinski definition) is 7. The number of aromatic hydroxyl groups is 1. The summed E-state index contributed by atoms with van der Waals surface area (Å²) in [6.45, 7) is 3.28. The van der Waals surface area contributed by atoms with E-state index in [9.17, 15) is 5.11 Å². The molecule has 0 aliphatic carbocycles. The molecule has 4 heterocycles. The molecule has 0 radical (unpaired) electrons. The second-order valence-corrected chi connectivity index (χ2v) is 7.03. The number of hydrogen-bond donors (Lipinski definition) is 2. The molecular formula is C21H21N7O. The number of fused-ring (bicyclic) bond motifs is 1. The van der Waals surface area contributed by atoms with E-state index in [0.717, 1.165) is 48.6 Å². The molecule has 0 saturated carbocycles. The Morgan fingerprint density at radius 3 is 2.21 bits per heavy atom. The molecule has 0 atom stereocenters. The zero-order chi connectivity index (χ0) is 19.8. The smallest absolute Gasteiger partial charge is 0.229 e. The summed E-state index contributed by atoms with van der Waals surface area (Å²) in [5, 5.41) is 10.3. The first-order valence-corrected chi connectivity index (χ1v) is 9.53. The Hall–Kier alpha value is -3.81. The van der Waals surface area contributed by atoms with Crippen LogP contribution in [0.5, 0.6) is 5.75 Å². The predicted molar refractivity (Wildman–Crippen MR) is 114 cm³/mol. The highest BCUT2D eigenvalue weighted by Gasteiger charge is 2.21. The molecule has 8 heteroatoms. The van der Waals surface area contributed by atoms with Crippen molar-refractivity contribution in [3.8, 4) is 11.4 Å². The standard InChI is InChI=1S/C21H21N7O/c22-19-18-7-10-28(16-5-8-23-9-6-16)20(18)25-21(24-19)27-13-11-26(12-14-27)15-1-3-17(29)4-2-15/h1-10,29H,11-14H2,(H2,22,24,25). The van der Waals surface area contributed by atoms with Crippen LogP contribution in [0.2, 0.25) is 0 Å². The maximum Gasteiger partial charge on any atom is 0.229 e. The molecule has 0 spiro atoms. The summed E-state index contributed by atoms with van der Waals surface area (Å²) in [5.41, 5.74) is 9.13. The Balaban J connectivity index is 1.42. The van der Waals surface area contributed by atoms with Gasteiger partial charge in [-0.25, -0.2) is 0 Å². The van der Waals surface area contributed by atoms with Crippen LogP contribution in [-0.2, 0) is 0 Å². The van der Waals surface area contributed by atoms with Crippen molar-refractivity contribution in [2.75, 3.05) is 41.7 Å². The summed E-state index contributed by atoms with van der Waals surface area (Å²) in [4.78, 5) is 17.9. The Morgan fingerprint density at radius 2 is 1.48 bits per heavy atom. The second kappa shape index (κ2) is 6.97. The van der Waals surface area contributed by atoms with E-state index in [1.54, 1.807) is 24.5 Å². The number of nitrogens with zero attached hydrogens (tertiary/aromatic N) is 6. The first kappa shape index (κ1) is 17.3. The van der Waals surface area contributed by atoms with Gasteiger partial charge in [0.15, 0.2) is 5.65 Å². The average molecular weight is 387 g/mol. The van der Waals surface area contributed by atoms with Gasteiger partial charge in [-0.2, -0.15) is 9.97 Å². The summed E-state index contributed by atoms with van der Waals surface area (Å²) in [6.07, 6.45) is 5.47. The molecule has 3 N–H and O–H groups in total. The van der Waals surface area contributed by atoms with E-state index < -0.39 is 0 Å². The number of aromatic nitrogens is 4. The molecule has 1 saturated heterocycles. The number of anilines is 3. The normalized spacial score (nSPS) is 14.5. The fourth-order valence-corrected chi connectivity index (χ4v) is 3.71. The third-order valence-electron chi connectivity index (χ3n) is 5.28. The minimum Gasteiger partial charge on any atom is -0.508 e. The maximum atomic E-state index is 9.48. The van der Waals surface area contributed by atoms with Crippen molar-refractivity contribution in [1.82, 2.24) is 19.5 Å². The van der Waals surface area contributed by atoms with Crippen molar-refractivity contribution in [2.45, 2.75) is 0 Å². The molecule has 0 bridgehead atoms. The van der Waals surface area contributed by atoms with Crippen LogP contribution in [0.3, 0.4) is 0 Å². The van der Waals surface area contributed by atoms with Crippen LogP contribution < -0.4 is 15.5 Å². The molecule has 1 aliphatic rings. The number of phenolic OH excluding ortho intramolecular Hbond substituents is 1. The number of rotatable bonds is 3. The Labute approximate surface area is 167 Å². The lowest BCUT2D eigenvalue weighted by atomic mass is 10.2. The van der Waals surface area contributed by atoms with Crippen molar-refractivity contribution < 1.29 is 5.11 Å². The molecule has 5 rings (SSSR count). The summed E-state index contributed by atoms with van der Waals surface area (Å²) in [5.74, 6) is 1.41. The number of benzene rings is 1. The van der Waals surface area contributed by atoms with Gasteiger partial charge in [-0.1, -0.05) is 0 Å². The van der Waals surface area contributed by atoms with Gasteiger partial charge in [0.25, 0.3) is 0 Å². The second-order valence-electron chi connectivity index (χ2n) is 7.03. The Kier molecular flexibility index (Phi) is 4.16. The number of pyridine rings is 1. The zero-order valence-corrected chi connectivity index (χ0v) is 15.8. The lowest BCUT2D eigenvalue weighted by molar-refractivity contribution is 0.475. The van der Waals surface area contributed by atoms with Crippen LogP contribution in [0.15, 0.2) is 61.1 Å². The summed E-state index contributed by atoms with van der Waals surface area (Å²) < 4.78 is 2.01. The van der Waals surface area contributed by atoms with Crippen LogP contribution in [0.4, 0.5) is 17.5 Å². The molecule has 4 aromatic rings. The molecule has 29 heavy (non-hydrogen) atoms. The monoisotopic (exact) mass is 387 g/mol. The first-order valence-electron chi connectivity index (χ1n) is 9.53. The van der Waals surface area contributed by atoms with E-state index in [-0.39, 0.29) is 5.75 Å². The predicted octanol–water partition coefficient (Wildman–Crippen LogP) is 2.43. The summed E-state index contributed by atoms with van der Waals surface area (Å²) in [7, 11) is 0. The van der Waals surface area contributed by atoms with Crippen molar-refractivity contribution >= 4 is 28.5 Å². The molecule has 1 fully saturated rings. The van der Waals surface area contributed by atoms with Crippen molar-refractivity contribution in [2.24, 2.45) is 0 Å². The molecule has 0 amide bonds. The highest BCUT2D eigenvalue weighted by molar-refractivity contribution is 5.88. The third-order valence-corrected chi connectivity index (χ3v) is 5.28. The molecule has 0 unspecified atom stereocenters. The van der Waals surface area contributed by atoms with Crippen LogP contribution >= 0.6 is 0 Å². The third kappa shape index (κ3) is 3.18. The van der Waals surface area contributed by atoms with E-state index in [1.165, 1.54) is 0 Å². The van der Waals surface area contributed by atoms with Gasteiger partial charge in [-0.05, 0) is 42.5 Å². The summed E-state index contributed by atoms with van der Waals surface area (Å²) >= 11 is 0. The molecule has 8 nitrogen and oxygen atoms in total. The van der Waals surface area contributed by atoms with Gasteiger partial charge >= 0.3 is 0 Å². The number of phenols is 1. The maximum absolute atomic E-state index is 9.48. The van der Waals surface area contributed by atoms with Crippen LogP contribution in [0.1, 0.15) is 0 Å². The fraction of sp³-hybridized carbons (Fsp3) is 0.190. The van der Waals surface area contributed by atoms with Crippen LogP contribution in [0.25, 0.3) is 16.7 Å². The summed E-state index contributed by atoms with van der Waals surface area (Å²) in [6, 6.07) is 13.1. The highest BCUT2D eigenvalue weighted by Crippen LogP contribution is 2.26. The van der Waals surface area contributed by atoms with Gasteiger partial charge < -0.3 is 25.2 Å². The van der Waals surface area contributed by atoms with Gasteiger partial charge in [0.2, 0.25) is 5.95 Å². The highest BCUT2D eigenvalue weighted by atomic mass is 16.3. The van der Waals surface area contributed by atoms with Crippen molar-refractivity contribution in [3.63, 3.8) is 0 Å². The first-order chi connectivity index (χ1) is 14.2. The van der Waals surface area contributed by atoms with Gasteiger partial charge in [-0.3, -0.25) is 4.98 Å². The van der Waals surface area contributed by atoms with Gasteiger partial charge in [0.1, 0.15) is 11.6 Å². The molecule has 146 valence electrons. The zero-order valence-electron chi connectivity index (χ0n) is 15.8. The Morgan fingerprint density at radius 1 is 0.793 bits per heavy atom. The number of nitrogens with two attached hydrogens (primary N) is 1. The molecule has 3 aromatic heterocycles. The Bertz CT molecular complexity index is 1130. The topological polar surface area (TPSA) is 96.3 Å². The van der Waals surface area contributed by atoms with Gasteiger partial charge in [0, 0.05) is 50.5 Å². The lowest BCUT2D eigenvalue weighted by Crippen LogP contribution is -2.47. The molecular weight excluding hydrogens is 366 g/mol. The fourth-order valence-electron chi connectivity index (χ4n) is 3.71.